The molecule has 0 saturated carbocycles. The quantitative estimate of drug-likeness (QED) is 0.492. The third-order valence-electron chi connectivity index (χ3n) is 1.32. The van der Waals surface area contributed by atoms with Gasteiger partial charge in [-0.3, -0.25) is 0 Å². The van der Waals surface area contributed by atoms with Crippen LogP contribution in [0.4, 0.5) is 0 Å². The van der Waals surface area contributed by atoms with Crippen molar-refractivity contribution in [2.24, 2.45) is 0 Å². The van der Waals surface area contributed by atoms with E-state index in [9.17, 15) is 0 Å². The topological polar surface area (TPSA) is 18.5 Å². The normalized spacial score (nSPS) is 10.4. The van der Waals surface area contributed by atoms with Crippen molar-refractivity contribution >= 4 is 25.1 Å². The van der Waals surface area contributed by atoms with Crippen LogP contribution in [0.25, 0.3) is 0 Å². The molecule has 3 heteroatoms. The molecule has 66 valence electrons. The Hall–Kier alpha value is 0.842. The average molecular weight is 353 g/mol. The molecule has 0 rings (SSSR count). The Morgan fingerprint density at radius 3 is 1.73 bits per heavy atom. The van der Waals surface area contributed by atoms with Crippen molar-refractivity contribution in [3.63, 3.8) is 0 Å². The van der Waals surface area contributed by atoms with Gasteiger partial charge in [-0.15, -0.1) is 0 Å². The van der Waals surface area contributed by atoms with E-state index in [1.807, 2.05) is 0 Å². The van der Waals surface area contributed by atoms with Gasteiger partial charge in [0.05, 0.1) is 0 Å². The summed E-state index contributed by atoms with van der Waals surface area (Å²) in [6.45, 7) is 6.20. The summed E-state index contributed by atoms with van der Waals surface area (Å²) in [4.78, 5) is 0. The third-order valence-corrected chi connectivity index (χ3v) is 3.82. The fraction of sp³-hybridized carbons (Fsp3) is 1.00. The van der Waals surface area contributed by atoms with Crippen molar-refractivity contribution in [2.75, 3.05) is 13.2 Å². The van der Waals surface area contributed by atoms with Gasteiger partial charge < -0.3 is 0 Å². The number of hydrogen-bond acceptors (Lipinski definition) is 2. The second kappa shape index (κ2) is 10.8. The molecule has 0 atom stereocenters. The Morgan fingerprint density at radius 1 is 0.909 bits per heavy atom. The molecule has 0 heterocycles. The average Bonchev–Trinajstić information content (AvgIpc) is 2.03. The van der Waals surface area contributed by atoms with Crippen LogP contribution in [0, 0.1) is 0 Å². The van der Waals surface area contributed by atoms with Crippen molar-refractivity contribution in [2.45, 2.75) is 39.5 Å². The number of hydrogen-bond donors (Lipinski definition) is 0. The van der Waals surface area contributed by atoms with Gasteiger partial charge >= 0.3 is 83.3 Å². The van der Waals surface area contributed by atoms with Gasteiger partial charge in [0, 0.05) is 0 Å². The van der Waals surface area contributed by atoms with Crippen LogP contribution in [-0.2, 0) is 5.37 Å². The Bertz CT molecular complexity index is 61.1. The maximum atomic E-state index is 5.39. The summed E-state index contributed by atoms with van der Waals surface area (Å²) in [6.07, 6.45) is 4.81. The molecule has 2 radical (unpaired) electrons. The van der Waals surface area contributed by atoms with E-state index < -0.39 is 25.1 Å². The first kappa shape index (κ1) is 11.8. The predicted octanol–water partition coefficient (Wildman–Crippen LogP) is 2.15. The molecule has 0 spiro atoms. The minimum absolute atomic E-state index is 0.922. The van der Waals surface area contributed by atoms with Gasteiger partial charge in [-0.2, -0.15) is 0 Å². The van der Waals surface area contributed by atoms with E-state index in [4.69, 9.17) is 5.37 Å². The first-order chi connectivity index (χ1) is 5.41. The fourth-order valence-corrected chi connectivity index (χ4v) is 2.65. The van der Waals surface area contributed by atoms with E-state index in [-0.39, 0.29) is 0 Å². The Balaban J connectivity index is 2.69. The molecular weight excluding hydrogens is 335 g/mol. The van der Waals surface area contributed by atoms with Crippen molar-refractivity contribution in [1.29, 1.82) is 0 Å². The first-order valence-electron chi connectivity index (χ1n) is 4.40. The molecule has 11 heavy (non-hydrogen) atoms. The van der Waals surface area contributed by atoms with Gasteiger partial charge in [-0.1, -0.05) is 0 Å². The maximum absolute atomic E-state index is 5.39. The second-order valence-electron chi connectivity index (χ2n) is 2.49. The van der Waals surface area contributed by atoms with E-state index in [1.54, 1.807) is 0 Å². The number of rotatable bonds is 8. The summed E-state index contributed by atoms with van der Waals surface area (Å²) in [5, 5.41) is 0. The van der Waals surface area contributed by atoms with E-state index in [2.05, 4.69) is 13.8 Å². The van der Waals surface area contributed by atoms with Crippen LogP contribution in [0.3, 0.4) is 0 Å². The Morgan fingerprint density at radius 2 is 1.36 bits per heavy atom. The van der Waals surface area contributed by atoms with Crippen LogP contribution < -0.4 is 0 Å². The molecule has 0 amide bonds. The summed E-state index contributed by atoms with van der Waals surface area (Å²) in [5.41, 5.74) is 0. The number of unbranched alkanes of at least 4 members (excludes halogenated alkanes) is 2. The summed E-state index contributed by atoms with van der Waals surface area (Å²) in [6, 6.07) is 0. The van der Waals surface area contributed by atoms with Crippen LogP contribution in [0.2, 0.25) is 0 Å². The molecule has 0 aliphatic rings. The molecule has 0 aliphatic carbocycles. The predicted molar refractivity (Wildman–Crippen MR) is 47.5 cm³/mol. The first-order valence-corrected chi connectivity index (χ1v) is 7.57. The van der Waals surface area contributed by atoms with Crippen LogP contribution in [-0.4, -0.2) is 38.4 Å². The van der Waals surface area contributed by atoms with Gasteiger partial charge in [-0.05, 0) is 0 Å². The Labute approximate surface area is 83.2 Å². The van der Waals surface area contributed by atoms with Crippen molar-refractivity contribution in [3.05, 3.63) is 0 Å². The molecule has 0 aromatic carbocycles. The van der Waals surface area contributed by atoms with Crippen molar-refractivity contribution in [1.82, 2.24) is 0 Å². The summed E-state index contributed by atoms with van der Waals surface area (Å²) >= 11 is -1.07. The Kier molecular flexibility index (Phi) is 11.7. The van der Waals surface area contributed by atoms with Gasteiger partial charge in [-0.25, -0.2) is 0 Å². The van der Waals surface area contributed by atoms with Gasteiger partial charge in [0.25, 0.3) is 0 Å². The van der Waals surface area contributed by atoms with E-state index in [1.165, 1.54) is 25.7 Å². The SMILES string of the molecule is CCCC[O][Pb][O]CCCC. The van der Waals surface area contributed by atoms with Crippen molar-refractivity contribution in [3.8, 4) is 0 Å². The van der Waals surface area contributed by atoms with Gasteiger partial charge in [0.1, 0.15) is 0 Å². The molecule has 0 bridgehead atoms. The van der Waals surface area contributed by atoms with E-state index in [0.717, 1.165) is 13.2 Å². The van der Waals surface area contributed by atoms with Crippen molar-refractivity contribution < 1.29 is 5.37 Å². The zero-order valence-electron chi connectivity index (χ0n) is 7.56. The molecular formula is C8H18O2Pb. The zero-order valence-corrected chi connectivity index (χ0v) is 11.4. The second-order valence-corrected chi connectivity index (χ2v) is 5.38. The van der Waals surface area contributed by atoms with Crippen LogP contribution in [0.1, 0.15) is 39.5 Å². The van der Waals surface area contributed by atoms with E-state index in [0.29, 0.717) is 0 Å². The molecule has 2 nitrogen and oxygen atoms in total. The fourth-order valence-electron chi connectivity index (χ4n) is 0.558. The summed E-state index contributed by atoms with van der Waals surface area (Å²) in [5.74, 6) is 0. The van der Waals surface area contributed by atoms with E-state index >= 15 is 0 Å². The molecule has 0 fully saturated rings. The molecule has 0 aromatic rings. The van der Waals surface area contributed by atoms with Crippen LogP contribution in [0.15, 0.2) is 0 Å². The minimum atomic E-state index is -1.07. The van der Waals surface area contributed by atoms with Crippen LogP contribution >= 0.6 is 0 Å². The third kappa shape index (κ3) is 10.8. The van der Waals surface area contributed by atoms with Gasteiger partial charge in [0.15, 0.2) is 0 Å². The summed E-state index contributed by atoms with van der Waals surface area (Å²) in [7, 11) is 0. The monoisotopic (exact) mass is 354 g/mol. The molecule has 0 aliphatic heterocycles. The zero-order chi connectivity index (χ0) is 8.36. The standard InChI is InChI=1S/2C4H9O.Pb/c2*1-2-3-4-5;/h2*2-4H2,1H3;/q2*-1;+2. The molecule has 0 N–H and O–H groups in total. The molecule has 0 saturated heterocycles. The summed E-state index contributed by atoms with van der Waals surface area (Å²) < 4.78 is 10.8. The van der Waals surface area contributed by atoms with Crippen LogP contribution in [0.5, 0.6) is 0 Å². The van der Waals surface area contributed by atoms with Gasteiger partial charge in [0.2, 0.25) is 0 Å². The molecule has 0 unspecified atom stereocenters. The molecule has 0 aromatic heterocycles.